The molecule has 0 spiro atoms. The monoisotopic (exact) mass is 348 g/mol. The molecule has 132 valence electrons. The Labute approximate surface area is 144 Å². The quantitative estimate of drug-likeness (QED) is 0.777. The second kappa shape index (κ2) is 7.25. The number of pyridine rings is 1. The number of nitrogens with zero attached hydrogens (tertiary/aromatic N) is 2. The number of carbonyl (C=O) groups excluding carboxylic acids is 1. The maximum Gasteiger partial charge on any atom is 0.416 e. The molecule has 1 aromatic heterocycles. The Morgan fingerprint density at radius 2 is 1.68 bits per heavy atom. The van der Waals surface area contributed by atoms with Gasteiger partial charge < -0.3 is 4.90 Å². The second-order valence-corrected chi connectivity index (χ2v) is 6.22. The van der Waals surface area contributed by atoms with E-state index in [-0.39, 0.29) is 17.5 Å². The highest BCUT2D eigenvalue weighted by molar-refractivity contribution is 5.94. The van der Waals surface area contributed by atoms with Gasteiger partial charge in [-0.05, 0) is 54.8 Å². The summed E-state index contributed by atoms with van der Waals surface area (Å²) < 4.78 is 38.1. The Hall–Kier alpha value is -2.37. The van der Waals surface area contributed by atoms with Crippen molar-refractivity contribution in [2.45, 2.75) is 37.9 Å². The Bertz CT molecular complexity index is 714. The van der Waals surface area contributed by atoms with Gasteiger partial charge in [-0.15, -0.1) is 0 Å². The molecule has 3 nitrogen and oxygen atoms in total. The van der Waals surface area contributed by atoms with Gasteiger partial charge in [-0.3, -0.25) is 9.78 Å². The van der Waals surface area contributed by atoms with Crippen LogP contribution in [0.2, 0.25) is 0 Å². The van der Waals surface area contributed by atoms with Crippen LogP contribution in [0.15, 0.2) is 48.8 Å². The molecule has 1 amide bonds. The van der Waals surface area contributed by atoms with Crippen molar-refractivity contribution in [3.63, 3.8) is 0 Å². The van der Waals surface area contributed by atoms with Crippen molar-refractivity contribution in [2.24, 2.45) is 0 Å². The van der Waals surface area contributed by atoms with Crippen molar-refractivity contribution >= 4 is 5.91 Å². The van der Waals surface area contributed by atoms with Gasteiger partial charge in [0.15, 0.2) is 0 Å². The summed E-state index contributed by atoms with van der Waals surface area (Å²) in [5, 5.41) is 0. The number of benzene rings is 1. The Morgan fingerprint density at radius 3 is 2.32 bits per heavy atom. The van der Waals surface area contributed by atoms with E-state index in [1.165, 1.54) is 12.1 Å². The van der Waals surface area contributed by atoms with E-state index >= 15 is 0 Å². The zero-order valence-electron chi connectivity index (χ0n) is 13.7. The molecule has 1 aliphatic rings. The topological polar surface area (TPSA) is 33.2 Å². The normalized spacial score (nSPS) is 18.7. The van der Waals surface area contributed by atoms with Crippen molar-refractivity contribution < 1.29 is 18.0 Å². The van der Waals surface area contributed by atoms with E-state index in [0.29, 0.717) is 6.54 Å². The number of hydrogen-bond acceptors (Lipinski definition) is 2. The average molecular weight is 348 g/mol. The van der Waals surface area contributed by atoms with E-state index in [1.807, 2.05) is 12.1 Å². The van der Waals surface area contributed by atoms with Crippen molar-refractivity contribution in [1.82, 2.24) is 9.88 Å². The first-order chi connectivity index (χ1) is 12.0. The maximum atomic E-state index is 12.9. The fourth-order valence-electron chi connectivity index (χ4n) is 3.25. The number of alkyl halides is 3. The number of amides is 1. The van der Waals surface area contributed by atoms with Crippen LogP contribution in [0.4, 0.5) is 13.2 Å². The van der Waals surface area contributed by atoms with Gasteiger partial charge in [0.2, 0.25) is 0 Å². The lowest BCUT2D eigenvalue weighted by Gasteiger charge is -2.30. The summed E-state index contributed by atoms with van der Waals surface area (Å²) in [6, 6.07) is 8.17. The predicted molar refractivity (Wildman–Crippen MR) is 87.9 cm³/mol. The molecule has 2 aromatic rings. The van der Waals surface area contributed by atoms with E-state index in [4.69, 9.17) is 0 Å². The minimum absolute atomic E-state index is 0.0692. The molecule has 0 aliphatic carbocycles. The number of likely N-dealkylation sites (tertiary alicyclic amines) is 1. The van der Waals surface area contributed by atoms with Crippen molar-refractivity contribution in [1.29, 1.82) is 0 Å². The summed E-state index contributed by atoms with van der Waals surface area (Å²) in [7, 11) is 0. The fourth-order valence-corrected chi connectivity index (χ4v) is 3.25. The SMILES string of the molecule is O=C(c1ccc(C(F)(F)F)cc1)N1CCCCC[C@H]1c1ccncc1. The molecule has 0 saturated carbocycles. The Morgan fingerprint density at radius 1 is 1.00 bits per heavy atom. The number of aromatic nitrogens is 1. The van der Waals surface area contributed by atoms with Crippen LogP contribution < -0.4 is 0 Å². The predicted octanol–water partition coefficient (Wildman–Crippen LogP) is 4.86. The summed E-state index contributed by atoms with van der Waals surface area (Å²) in [6.45, 7) is 0.604. The Kier molecular flexibility index (Phi) is 5.06. The molecule has 25 heavy (non-hydrogen) atoms. The molecule has 1 saturated heterocycles. The maximum absolute atomic E-state index is 12.9. The zero-order valence-corrected chi connectivity index (χ0v) is 13.7. The van der Waals surface area contributed by atoms with Crippen LogP contribution in [0.3, 0.4) is 0 Å². The lowest BCUT2D eigenvalue weighted by molar-refractivity contribution is -0.137. The summed E-state index contributed by atoms with van der Waals surface area (Å²) in [5.41, 5.74) is 0.553. The number of rotatable bonds is 2. The van der Waals surface area contributed by atoms with E-state index in [2.05, 4.69) is 4.98 Å². The zero-order chi connectivity index (χ0) is 17.9. The highest BCUT2D eigenvalue weighted by atomic mass is 19.4. The molecule has 6 heteroatoms. The molecular formula is C19H19F3N2O. The molecular weight excluding hydrogens is 329 g/mol. The molecule has 1 aliphatic heterocycles. The van der Waals surface area contributed by atoms with Gasteiger partial charge in [0, 0.05) is 24.5 Å². The molecule has 0 bridgehead atoms. The first-order valence-corrected chi connectivity index (χ1v) is 8.35. The molecule has 1 fully saturated rings. The van der Waals surface area contributed by atoms with E-state index < -0.39 is 11.7 Å². The third-order valence-corrected chi connectivity index (χ3v) is 4.56. The van der Waals surface area contributed by atoms with E-state index in [9.17, 15) is 18.0 Å². The standard InChI is InChI=1S/C19H19F3N2O/c20-19(21,22)16-7-5-15(6-8-16)18(25)24-13-3-1-2-4-17(24)14-9-11-23-12-10-14/h5-12,17H,1-4,13H2/t17-/m0/s1. The van der Waals surface area contributed by atoms with Gasteiger partial charge in [0.05, 0.1) is 11.6 Å². The molecule has 3 rings (SSSR count). The lowest BCUT2D eigenvalue weighted by Crippen LogP contribution is -2.34. The van der Waals surface area contributed by atoms with Crippen LogP contribution in [0, 0.1) is 0 Å². The number of hydrogen-bond donors (Lipinski definition) is 0. The largest absolute Gasteiger partial charge is 0.416 e. The first-order valence-electron chi connectivity index (χ1n) is 8.35. The second-order valence-electron chi connectivity index (χ2n) is 6.22. The lowest BCUT2D eigenvalue weighted by atomic mass is 10.0. The van der Waals surface area contributed by atoms with Crippen LogP contribution in [0.5, 0.6) is 0 Å². The van der Waals surface area contributed by atoms with Crippen LogP contribution in [-0.2, 0) is 6.18 Å². The third kappa shape index (κ3) is 4.00. The van der Waals surface area contributed by atoms with Crippen LogP contribution >= 0.6 is 0 Å². The van der Waals surface area contributed by atoms with Gasteiger partial charge in [-0.1, -0.05) is 12.8 Å². The average Bonchev–Trinajstić information content (AvgIpc) is 2.87. The van der Waals surface area contributed by atoms with Gasteiger partial charge in [-0.2, -0.15) is 13.2 Å². The molecule has 2 heterocycles. The highest BCUT2D eigenvalue weighted by Gasteiger charge is 2.31. The molecule has 1 atom stereocenters. The van der Waals surface area contributed by atoms with Gasteiger partial charge in [0.1, 0.15) is 0 Å². The van der Waals surface area contributed by atoms with E-state index in [0.717, 1.165) is 43.4 Å². The molecule has 0 unspecified atom stereocenters. The summed E-state index contributed by atoms with van der Waals surface area (Å²) in [4.78, 5) is 18.7. The minimum Gasteiger partial charge on any atom is -0.332 e. The van der Waals surface area contributed by atoms with Gasteiger partial charge in [0.25, 0.3) is 5.91 Å². The molecule has 0 N–H and O–H groups in total. The smallest absolute Gasteiger partial charge is 0.332 e. The fraction of sp³-hybridized carbons (Fsp3) is 0.368. The summed E-state index contributed by atoms with van der Waals surface area (Å²) in [6.07, 6.45) is 2.79. The minimum atomic E-state index is -4.40. The van der Waals surface area contributed by atoms with Crippen molar-refractivity contribution in [3.8, 4) is 0 Å². The van der Waals surface area contributed by atoms with Crippen molar-refractivity contribution in [2.75, 3.05) is 6.54 Å². The van der Waals surface area contributed by atoms with Gasteiger partial charge in [-0.25, -0.2) is 0 Å². The van der Waals surface area contributed by atoms with Crippen LogP contribution in [0.25, 0.3) is 0 Å². The summed E-state index contributed by atoms with van der Waals surface area (Å²) in [5.74, 6) is -0.225. The highest BCUT2D eigenvalue weighted by Crippen LogP contribution is 2.32. The van der Waals surface area contributed by atoms with Crippen LogP contribution in [-0.4, -0.2) is 22.3 Å². The number of carbonyl (C=O) groups is 1. The summed E-state index contributed by atoms with van der Waals surface area (Å²) >= 11 is 0. The third-order valence-electron chi connectivity index (χ3n) is 4.56. The molecule has 0 radical (unpaired) electrons. The Balaban J connectivity index is 1.87. The first kappa shape index (κ1) is 17.5. The van der Waals surface area contributed by atoms with Crippen molar-refractivity contribution in [3.05, 3.63) is 65.5 Å². The van der Waals surface area contributed by atoms with E-state index in [1.54, 1.807) is 17.3 Å². The van der Waals surface area contributed by atoms with Gasteiger partial charge >= 0.3 is 6.18 Å². The number of halogens is 3. The van der Waals surface area contributed by atoms with Crippen LogP contribution in [0.1, 0.15) is 53.2 Å². The molecule has 1 aromatic carbocycles.